The van der Waals surface area contributed by atoms with E-state index in [0.717, 1.165) is 22.1 Å². The van der Waals surface area contributed by atoms with Gasteiger partial charge in [-0.05, 0) is 23.8 Å². The van der Waals surface area contributed by atoms with Gasteiger partial charge in [0.2, 0.25) is 0 Å². The van der Waals surface area contributed by atoms with Gasteiger partial charge in [0.25, 0.3) is 0 Å². The molecule has 4 aromatic rings. The van der Waals surface area contributed by atoms with Crippen molar-refractivity contribution in [2.45, 2.75) is 6.54 Å². The highest BCUT2D eigenvalue weighted by Crippen LogP contribution is 2.35. The van der Waals surface area contributed by atoms with Gasteiger partial charge in [-0.25, -0.2) is 4.39 Å². The van der Waals surface area contributed by atoms with Gasteiger partial charge in [-0.15, -0.1) is 0 Å². The Bertz CT molecular complexity index is 1090. The Hall–Kier alpha value is -3.48. The zero-order chi connectivity index (χ0) is 18.8. The highest BCUT2D eigenvalue weighted by molar-refractivity contribution is 5.95. The second kappa shape index (κ2) is 7.03. The smallest absolute Gasteiger partial charge is 0.162 e. The van der Waals surface area contributed by atoms with Crippen molar-refractivity contribution in [1.82, 2.24) is 20.0 Å². The first kappa shape index (κ1) is 17.0. The molecule has 0 aliphatic heterocycles. The van der Waals surface area contributed by atoms with Crippen LogP contribution in [0.15, 0.2) is 55.0 Å². The normalized spacial score (nSPS) is 10.9. The summed E-state index contributed by atoms with van der Waals surface area (Å²) in [5.74, 6) is 0.972. The van der Waals surface area contributed by atoms with Crippen molar-refractivity contribution in [3.8, 4) is 22.6 Å². The molecule has 0 bridgehead atoms. The summed E-state index contributed by atoms with van der Waals surface area (Å²) in [6, 6.07) is 10.1. The van der Waals surface area contributed by atoms with Gasteiger partial charge in [-0.3, -0.25) is 4.68 Å². The Balaban J connectivity index is 1.72. The molecule has 2 aromatic heterocycles. The van der Waals surface area contributed by atoms with Crippen molar-refractivity contribution in [3.63, 3.8) is 0 Å². The van der Waals surface area contributed by atoms with Gasteiger partial charge < -0.3 is 9.47 Å². The van der Waals surface area contributed by atoms with Crippen molar-refractivity contribution in [3.05, 3.63) is 66.4 Å². The van der Waals surface area contributed by atoms with E-state index < -0.39 is 0 Å². The number of rotatable bonds is 5. The first-order valence-corrected chi connectivity index (χ1v) is 8.32. The van der Waals surface area contributed by atoms with Gasteiger partial charge in [0, 0.05) is 28.8 Å². The molecule has 6 nitrogen and oxygen atoms in total. The Kier molecular flexibility index (Phi) is 4.42. The van der Waals surface area contributed by atoms with Crippen LogP contribution in [-0.2, 0) is 6.54 Å². The van der Waals surface area contributed by atoms with Crippen molar-refractivity contribution >= 4 is 10.9 Å². The van der Waals surface area contributed by atoms with Crippen LogP contribution in [0.1, 0.15) is 5.56 Å². The molecule has 0 amide bonds. The van der Waals surface area contributed by atoms with Crippen molar-refractivity contribution in [2.75, 3.05) is 14.2 Å². The minimum Gasteiger partial charge on any atom is -0.493 e. The van der Waals surface area contributed by atoms with E-state index in [2.05, 4.69) is 15.3 Å². The summed E-state index contributed by atoms with van der Waals surface area (Å²) in [5.41, 5.74) is 3.47. The average molecular weight is 364 g/mol. The molecule has 0 atom stereocenters. The third-order valence-corrected chi connectivity index (χ3v) is 4.35. The predicted octanol–water partition coefficient (Wildman–Crippen LogP) is 3.70. The van der Waals surface area contributed by atoms with E-state index in [1.807, 2.05) is 12.3 Å². The summed E-state index contributed by atoms with van der Waals surface area (Å²) in [5, 5.41) is 13.6. The summed E-state index contributed by atoms with van der Waals surface area (Å²) in [7, 11) is 3.18. The van der Waals surface area contributed by atoms with E-state index in [0.29, 0.717) is 23.6 Å². The molecule has 0 aliphatic carbocycles. The van der Waals surface area contributed by atoms with E-state index in [1.54, 1.807) is 49.5 Å². The topological polar surface area (TPSA) is 62.1 Å². The maximum absolute atomic E-state index is 13.1. The number of ether oxygens (including phenoxy) is 2. The average Bonchev–Trinajstić information content (AvgIpc) is 3.16. The molecule has 4 rings (SSSR count). The first-order chi connectivity index (χ1) is 13.2. The number of fused-ring (bicyclic) bond motifs is 1. The van der Waals surface area contributed by atoms with Gasteiger partial charge >= 0.3 is 0 Å². The molecular formula is C20H17FN4O2. The number of hydrogen-bond donors (Lipinski definition) is 0. The molecule has 7 heteroatoms. The summed E-state index contributed by atoms with van der Waals surface area (Å²) >= 11 is 0. The molecule has 0 unspecified atom stereocenters. The molecule has 0 N–H and O–H groups in total. The van der Waals surface area contributed by atoms with E-state index in [-0.39, 0.29) is 5.82 Å². The molecule has 0 spiro atoms. The van der Waals surface area contributed by atoms with E-state index >= 15 is 0 Å². The molecule has 27 heavy (non-hydrogen) atoms. The Morgan fingerprint density at radius 3 is 2.48 bits per heavy atom. The largest absolute Gasteiger partial charge is 0.493 e. The van der Waals surface area contributed by atoms with Crippen LogP contribution in [-0.4, -0.2) is 34.2 Å². The minimum atomic E-state index is -0.251. The van der Waals surface area contributed by atoms with Crippen LogP contribution in [0.2, 0.25) is 0 Å². The molecule has 0 saturated heterocycles. The Morgan fingerprint density at radius 2 is 1.74 bits per heavy atom. The van der Waals surface area contributed by atoms with Crippen LogP contribution in [0, 0.1) is 5.82 Å². The molecule has 0 fully saturated rings. The highest BCUT2D eigenvalue weighted by atomic mass is 19.1. The van der Waals surface area contributed by atoms with Crippen LogP contribution >= 0.6 is 0 Å². The monoisotopic (exact) mass is 364 g/mol. The molecule has 0 saturated carbocycles. The highest BCUT2D eigenvalue weighted by Gasteiger charge is 2.13. The minimum absolute atomic E-state index is 0.251. The van der Waals surface area contributed by atoms with Crippen LogP contribution in [0.5, 0.6) is 11.5 Å². The van der Waals surface area contributed by atoms with E-state index in [4.69, 9.17) is 9.47 Å². The zero-order valence-corrected chi connectivity index (χ0v) is 14.9. The molecular weight excluding hydrogens is 347 g/mol. The number of nitrogens with zero attached hydrogens (tertiary/aromatic N) is 4. The van der Waals surface area contributed by atoms with Crippen molar-refractivity contribution in [2.24, 2.45) is 0 Å². The zero-order valence-electron chi connectivity index (χ0n) is 14.9. The first-order valence-electron chi connectivity index (χ1n) is 8.32. The van der Waals surface area contributed by atoms with Crippen LogP contribution < -0.4 is 9.47 Å². The summed E-state index contributed by atoms with van der Waals surface area (Å²) in [6.45, 7) is 0.549. The van der Waals surface area contributed by atoms with E-state index in [1.165, 1.54) is 12.1 Å². The summed E-state index contributed by atoms with van der Waals surface area (Å²) in [4.78, 5) is 0. The number of methoxy groups -OCH3 is 2. The predicted molar refractivity (Wildman–Crippen MR) is 99.4 cm³/mol. The van der Waals surface area contributed by atoms with Gasteiger partial charge in [-0.2, -0.15) is 15.3 Å². The third-order valence-electron chi connectivity index (χ3n) is 4.35. The fourth-order valence-corrected chi connectivity index (χ4v) is 2.98. The molecule has 136 valence electrons. The molecule has 2 aromatic carbocycles. The van der Waals surface area contributed by atoms with Gasteiger partial charge in [0.15, 0.2) is 11.5 Å². The standard InChI is InChI=1S/C20H17FN4O2/c1-26-19-7-16-17(10-22-24-18(16)8-20(19)27-2)14-9-23-25(12-14)11-13-3-5-15(21)6-4-13/h3-10,12H,11H2,1-2H3. The van der Waals surface area contributed by atoms with Crippen LogP contribution in [0.3, 0.4) is 0 Å². The third kappa shape index (κ3) is 3.31. The van der Waals surface area contributed by atoms with E-state index in [9.17, 15) is 4.39 Å². The quantitative estimate of drug-likeness (QED) is 0.540. The van der Waals surface area contributed by atoms with Gasteiger partial charge in [0.05, 0.1) is 38.7 Å². The van der Waals surface area contributed by atoms with Crippen molar-refractivity contribution in [1.29, 1.82) is 0 Å². The Labute approximate surface area is 155 Å². The van der Waals surface area contributed by atoms with Gasteiger partial charge in [0.1, 0.15) is 5.82 Å². The van der Waals surface area contributed by atoms with Crippen LogP contribution in [0.4, 0.5) is 4.39 Å². The lowest BCUT2D eigenvalue weighted by molar-refractivity contribution is 0.356. The molecule has 2 heterocycles. The second-order valence-electron chi connectivity index (χ2n) is 6.04. The van der Waals surface area contributed by atoms with Crippen molar-refractivity contribution < 1.29 is 13.9 Å². The molecule has 0 radical (unpaired) electrons. The maximum atomic E-state index is 13.1. The Morgan fingerprint density at radius 1 is 1.00 bits per heavy atom. The second-order valence-corrected chi connectivity index (χ2v) is 6.04. The number of aromatic nitrogens is 4. The lowest BCUT2D eigenvalue weighted by Gasteiger charge is -2.10. The maximum Gasteiger partial charge on any atom is 0.162 e. The SMILES string of the molecule is COc1cc2nncc(-c3cnn(Cc4ccc(F)cc4)c3)c2cc1OC. The lowest BCUT2D eigenvalue weighted by atomic mass is 10.1. The number of hydrogen-bond acceptors (Lipinski definition) is 5. The van der Waals surface area contributed by atoms with Gasteiger partial charge in [-0.1, -0.05) is 12.1 Å². The summed E-state index contributed by atoms with van der Waals surface area (Å²) in [6.07, 6.45) is 5.40. The number of benzene rings is 2. The number of halogens is 1. The summed E-state index contributed by atoms with van der Waals surface area (Å²) < 4.78 is 25.6. The molecule has 0 aliphatic rings. The fraction of sp³-hybridized carbons (Fsp3) is 0.150. The lowest BCUT2D eigenvalue weighted by Crippen LogP contribution is -1.99. The fourth-order valence-electron chi connectivity index (χ4n) is 2.98. The van der Waals surface area contributed by atoms with Crippen LogP contribution in [0.25, 0.3) is 22.0 Å².